The molecular weight excluding hydrogens is 358 g/mol. The van der Waals surface area contributed by atoms with E-state index < -0.39 is 11.6 Å². The molecule has 0 radical (unpaired) electrons. The molecule has 1 unspecified atom stereocenters. The standard InChI is InChI=1S/C20H31N5O3/c1-14(2)4-9-20(18(27)21-19(28)22-20)16-6-10-24(11-7-16)17(26)8-13-25-12-5-15(3)23-25/h5,12,14,16H,4,6-11,13H2,1-3H3,(H2,21,22,27,28). The first kappa shape index (κ1) is 20.4. The Bertz CT molecular complexity index is 736. The maximum absolute atomic E-state index is 12.6. The van der Waals surface area contributed by atoms with Gasteiger partial charge in [-0.2, -0.15) is 5.10 Å². The molecule has 3 rings (SSSR count). The summed E-state index contributed by atoms with van der Waals surface area (Å²) in [5.74, 6) is 0.407. The maximum Gasteiger partial charge on any atom is 0.322 e. The van der Waals surface area contributed by atoms with Crippen LogP contribution in [-0.2, 0) is 16.1 Å². The van der Waals surface area contributed by atoms with Crippen LogP contribution in [0.15, 0.2) is 12.3 Å². The largest absolute Gasteiger partial charge is 0.343 e. The number of carbonyl (C=O) groups is 3. The molecule has 0 aliphatic carbocycles. The first-order valence-corrected chi connectivity index (χ1v) is 10.2. The van der Waals surface area contributed by atoms with Crippen LogP contribution in [0, 0.1) is 18.8 Å². The minimum absolute atomic E-state index is 0.0514. The van der Waals surface area contributed by atoms with Gasteiger partial charge in [-0.3, -0.25) is 19.6 Å². The van der Waals surface area contributed by atoms with Gasteiger partial charge in [0.2, 0.25) is 5.91 Å². The van der Waals surface area contributed by atoms with Crippen molar-refractivity contribution >= 4 is 17.8 Å². The molecule has 2 aliphatic heterocycles. The zero-order valence-corrected chi connectivity index (χ0v) is 17.0. The fourth-order valence-corrected chi connectivity index (χ4v) is 4.27. The number of nitrogens with one attached hydrogen (secondary N) is 2. The summed E-state index contributed by atoms with van der Waals surface area (Å²) in [5, 5.41) is 9.66. The van der Waals surface area contributed by atoms with Crippen LogP contribution in [0.5, 0.6) is 0 Å². The first-order chi connectivity index (χ1) is 13.3. The molecule has 4 amide bonds. The average molecular weight is 390 g/mol. The van der Waals surface area contributed by atoms with Crippen molar-refractivity contribution in [2.75, 3.05) is 13.1 Å². The summed E-state index contributed by atoms with van der Waals surface area (Å²) in [6.07, 6.45) is 5.25. The van der Waals surface area contributed by atoms with Gasteiger partial charge in [0.25, 0.3) is 5.91 Å². The van der Waals surface area contributed by atoms with E-state index in [0.717, 1.165) is 25.0 Å². The Morgan fingerprint density at radius 1 is 1.32 bits per heavy atom. The fourth-order valence-electron chi connectivity index (χ4n) is 4.27. The van der Waals surface area contributed by atoms with Crippen LogP contribution >= 0.6 is 0 Å². The number of amides is 4. The van der Waals surface area contributed by atoms with Crippen LogP contribution in [0.2, 0.25) is 0 Å². The van der Waals surface area contributed by atoms with Crippen LogP contribution < -0.4 is 10.6 Å². The number of hydrogen-bond acceptors (Lipinski definition) is 4. The van der Waals surface area contributed by atoms with E-state index in [4.69, 9.17) is 0 Å². The molecule has 1 aromatic heterocycles. The number of carbonyl (C=O) groups excluding carboxylic acids is 3. The van der Waals surface area contributed by atoms with E-state index in [1.165, 1.54) is 0 Å². The summed E-state index contributed by atoms with van der Waals surface area (Å²) in [6.45, 7) is 7.97. The molecule has 2 saturated heterocycles. The number of hydrogen-bond donors (Lipinski definition) is 2. The summed E-state index contributed by atoms with van der Waals surface area (Å²) >= 11 is 0. The molecule has 154 valence electrons. The molecule has 2 aliphatic rings. The molecule has 3 heterocycles. The third kappa shape index (κ3) is 4.36. The maximum atomic E-state index is 12.6. The van der Waals surface area contributed by atoms with E-state index in [-0.39, 0.29) is 17.7 Å². The molecule has 8 heteroatoms. The molecule has 0 saturated carbocycles. The summed E-state index contributed by atoms with van der Waals surface area (Å²) in [7, 11) is 0. The molecule has 2 N–H and O–H groups in total. The van der Waals surface area contributed by atoms with E-state index in [0.29, 0.717) is 38.4 Å². The van der Waals surface area contributed by atoms with Gasteiger partial charge in [0.1, 0.15) is 5.54 Å². The first-order valence-electron chi connectivity index (χ1n) is 10.2. The van der Waals surface area contributed by atoms with Crippen LogP contribution in [0.4, 0.5) is 4.79 Å². The number of urea groups is 1. The molecule has 0 aromatic carbocycles. The minimum Gasteiger partial charge on any atom is -0.343 e. The molecule has 2 fully saturated rings. The number of likely N-dealkylation sites (tertiary alicyclic amines) is 1. The van der Waals surface area contributed by atoms with Crippen molar-refractivity contribution in [3.63, 3.8) is 0 Å². The van der Waals surface area contributed by atoms with Crippen molar-refractivity contribution in [3.05, 3.63) is 18.0 Å². The van der Waals surface area contributed by atoms with Crippen molar-refractivity contribution in [1.82, 2.24) is 25.3 Å². The SMILES string of the molecule is Cc1ccn(CCC(=O)N2CCC(C3(CCC(C)C)NC(=O)NC3=O)CC2)n1. The third-order valence-electron chi connectivity index (χ3n) is 5.96. The predicted octanol–water partition coefficient (Wildman–Crippen LogP) is 1.83. The monoisotopic (exact) mass is 389 g/mol. The van der Waals surface area contributed by atoms with Crippen molar-refractivity contribution in [2.45, 2.75) is 65.0 Å². The smallest absolute Gasteiger partial charge is 0.322 e. The van der Waals surface area contributed by atoms with Gasteiger partial charge >= 0.3 is 6.03 Å². The minimum atomic E-state index is -0.830. The van der Waals surface area contributed by atoms with Gasteiger partial charge in [-0.15, -0.1) is 0 Å². The van der Waals surface area contributed by atoms with Crippen molar-refractivity contribution in [2.24, 2.45) is 11.8 Å². The third-order valence-corrected chi connectivity index (χ3v) is 5.96. The highest BCUT2D eigenvalue weighted by Gasteiger charge is 2.51. The van der Waals surface area contributed by atoms with E-state index >= 15 is 0 Å². The summed E-state index contributed by atoms with van der Waals surface area (Å²) in [6, 6.07) is 1.52. The zero-order chi connectivity index (χ0) is 20.3. The topological polar surface area (TPSA) is 96.3 Å². The highest BCUT2D eigenvalue weighted by atomic mass is 16.2. The van der Waals surface area contributed by atoms with Crippen molar-refractivity contribution < 1.29 is 14.4 Å². The fraction of sp³-hybridized carbons (Fsp3) is 0.700. The Morgan fingerprint density at radius 3 is 2.57 bits per heavy atom. The lowest BCUT2D eigenvalue weighted by molar-refractivity contribution is -0.134. The lowest BCUT2D eigenvalue weighted by Crippen LogP contribution is -2.56. The molecule has 0 bridgehead atoms. The molecule has 1 atom stereocenters. The quantitative estimate of drug-likeness (QED) is 0.696. The van der Waals surface area contributed by atoms with Crippen LogP contribution in [-0.4, -0.2) is 51.2 Å². The highest BCUT2D eigenvalue weighted by molar-refractivity contribution is 6.07. The Labute approximate surface area is 166 Å². The summed E-state index contributed by atoms with van der Waals surface area (Å²) < 4.78 is 1.79. The number of piperidine rings is 1. The summed E-state index contributed by atoms with van der Waals surface area (Å²) in [5.41, 5.74) is 0.111. The predicted molar refractivity (Wildman–Crippen MR) is 104 cm³/mol. The van der Waals surface area contributed by atoms with Gasteiger partial charge in [0.15, 0.2) is 0 Å². The number of rotatable bonds is 7. The van der Waals surface area contributed by atoms with Crippen LogP contribution in [0.1, 0.15) is 51.6 Å². The molecule has 28 heavy (non-hydrogen) atoms. The second kappa shape index (κ2) is 8.32. The number of aryl methyl sites for hydroxylation is 2. The van der Waals surface area contributed by atoms with Crippen LogP contribution in [0.25, 0.3) is 0 Å². The van der Waals surface area contributed by atoms with Gasteiger partial charge in [-0.05, 0) is 50.5 Å². The Kier molecular flexibility index (Phi) is 6.05. The van der Waals surface area contributed by atoms with E-state index in [1.54, 1.807) is 4.68 Å². The normalized spacial score (nSPS) is 23.2. The van der Waals surface area contributed by atoms with Gasteiger partial charge in [0, 0.05) is 32.3 Å². The molecule has 8 nitrogen and oxygen atoms in total. The van der Waals surface area contributed by atoms with Crippen molar-refractivity contribution in [1.29, 1.82) is 0 Å². The van der Waals surface area contributed by atoms with Crippen LogP contribution in [0.3, 0.4) is 0 Å². The van der Waals surface area contributed by atoms with Gasteiger partial charge < -0.3 is 10.2 Å². The molecular formula is C20H31N5O3. The number of imide groups is 1. The van der Waals surface area contributed by atoms with Gasteiger partial charge in [-0.1, -0.05) is 13.8 Å². The Balaban J connectivity index is 1.57. The summed E-state index contributed by atoms with van der Waals surface area (Å²) in [4.78, 5) is 38.9. The number of nitrogens with zero attached hydrogens (tertiary/aromatic N) is 3. The second-order valence-electron chi connectivity index (χ2n) is 8.44. The highest BCUT2D eigenvalue weighted by Crippen LogP contribution is 2.35. The van der Waals surface area contributed by atoms with Gasteiger partial charge in [-0.25, -0.2) is 4.79 Å². The second-order valence-corrected chi connectivity index (χ2v) is 8.44. The zero-order valence-electron chi connectivity index (χ0n) is 17.0. The van der Waals surface area contributed by atoms with Gasteiger partial charge in [0.05, 0.1) is 5.69 Å². The Morgan fingerprint density at radius 2 is 2.04 bits per heavy atom. The Hall–Kier alpha value is -2.38. The van der Waals surface area contributed by atoms with E-state index in [1.807, 2.05) is 24.1 Å². The number of aromatic nitrogens is 2. The average Bonchev–Trinajstić information content (AvgIpc) is 3.20. The van der Waals surface area contributed by atoms with E-state index in [2.05, 4.69) is 29.6 Å². The molecule has 0 spiro atoms. The molecule has 1 aromatic rings. The lowest BCUT2D eigenvalue weighted by Gasteiger charge is -2.41. The van der Waals surface area contributed by atoms with Crippen molar-refractivity contribution in [3.8, 4) is 0 Å². The lowest BCUT2D eigenvalue weighted by atomic mass is 9.74. The van der Waals surface area contributed by atoms with E-state index in [9.17, 15) is 14.4 Å².